The molecule has 0 radical (unpaired) electrons. The third-order valence-electron chi connectivity index (χ3n) is 3.04. The molecule has 0 atom stereocenters. The maximum atomic E-state index is 4.44. The van der Waals surface area contributed by atoms with Crippen molar-refractivity contribution in [3.05, 3.63) is 28.5 Å². The molecule has 0 amide bonds. The van der Waals surface area contributed by atoms with E-state index >= 15 is 0 Å². The van der Waals surface area contributed by atoms with Gasteiger partial charge < -0.3 is 4.90 Å². The van der Waals surface area contributed by atoms with Crippen molar-refractivity contribution in [2.75, 3.05) is 18.5 Å². The molecule has 0 aliphatic carbocycles. The average molecular weight is 311 g/mol. The Kier molecular flexibility index (Phi) is 4.51. The Labute approximate surface area is 126 Å². The molecule has 6 nitrogen and oxygen atoms in total. The molecule has 0 fully saturated rings. The quantitative estimate of drug-likeness (QED) is 0.800. The second-order valence-electron chi connectivity index (χ2n) is 4.38. The van der Waals surface area contributed by atoms with Gasteiger partial charge in [-0.15, -0.1) is 23.7 Å². The van der Waals surface area contributed by atoms with Crippen LogP contribution in [0.2, 0.25) is 0 Å². The molecule has 3 aromatic rings. The van der Waals surface area contributed by atoms with Crippen molar-refractivity contribution in [3.63, 3.8) is 0 Å². The van der Waals surface area contributed by atoms with Gasteiger partial charge in [-0.1, -0.05) is 0 Å². The summed E-state index contributed by atoms with van der Waals surface area (Å²) in [5.41, 5.74) is 3.77. The minimum atomic E-state index is 0. The number of hydrogen-bond acceptors (Lipinski definition) is 6. The fourth-order valence-corrected chi connectivity index (χ4v) is 2.62. The lowest BCUT2D eigenvalue weighted by atomic mass is 10.3. The van der Waals surface area contributed by atoms with Gasteiger partial charge in [0.15, 0.2) is 5.65 Å². The third-order valence-corrected chi connectivity index (χ3v) is 4.03. The van der Waals surface area contributed by atoms with E-state index in [0.29, 0.717) is 5.95 Å². The van der Waals surface area contributed by atoms with Gasteiger partial charge in [0.1, 0.15) is 0 Å². The second kappa shape index (κ2) is 6.15. The van der Waals surface area contributed by atoms with Crippen LogP contribution >= 0.6 is 23.7 Å². The van der Waals surface area contributed by atoms with Crippen LogP contribution in [0, 0.1) is 6.92 Å². The van der Waals surface area contributed by atoms with E-state index in [0.717, 1.165) is 29.7 Å². The predicted octanol–water partition coefficient (Wildman–Crippen LogP) is 2.22. The highest BCUT2D eigenvalue weighted by Gasteiger charge is 2.08. The largest absolute Gasteiger partial charge is 0.343 e. The molecule has 3 rings (SSSR count). The number of rotatable bonds is 4. The van der Waals surface area contributed by atoms with Gasteiger partial charge in [-0.2, -0.15) is 10.1 Å². The first-order valence-corrected chi connectivity index (χ1v) is 6.88. The number of thiazole rings is 1. The van der Waals surface area contributed by atoms with Crippen LogP contribution < -0.4 is 4.90 Å². The molecule has 3 heterocycles. The molecule has 0 aliphatic heterocycles. The Hall–Kier alpha value is -1.73. The number of aromatic nitrogens is 5. The molecule has 3 aromatic heterocycles. The highest BCUT2D eigenvalue weighted by molar-refractivity contribution is 7.09. The fraction of sp³-hybridized carbons (Fsp3) is 0.333. The normalized spacial score (nSPS) is 10.5. The van der Waals surface area contributed by atoms with Crippen LogP contribution in [0.5, 0.6) is 0 Å². The molecule has 1 N–H and O–H groups in total. The summed E-state index contributed by atoms with van der Waals surface area (Å²) in [6.45, 7) is 2.90. The molecule has 0 saturated heterocycles. The summed E-state index contributed by atoms with van der Waals surface area (Å²) in [7, 11) is 1.99. The first kappa shape index (κ1) is 14.7. The van der Waals surface area contributed by atoms with E-state index in [-0.39, 0.29) is 12.4 Å². The van der Waals surface area contributed by atoms with E-state index in [4.69, 9.17) is 0 Å². The maximum Gasteiger partial charge on any atom is 0.227 e. The Morgan fingerprint density at radius 1 is 1.30 bits per heavy atom. The Bertz CT molecular complexity index is 694. The number of halogens is 1. The van der Waals surface area contributed by atoms with Crippen LogP contribution in [0.4, 0.5) is 5.95 Å². The standard InChI is InChI=1S/C12H14N6S.ClH/c1-8-10(19-7-14-8)3-4-18(2)12-13-5-9-6-15-17-11(9)16-12;/h5-7H,3-4H2,1-2H3,(H,13,15,16,17);1H. The van der Waals surface area contributed by atoms with Crippen molar-refractivity contribution >= 4 is 40.7 Å². The van der Waals surface area contributed by atoms with Crippen molar-refractivity contribution in [3.8, 4) is 0 Å². The molecule has 20 heavy (non-hydrogen) atoms. The fourth-order valence-electron chi connectivity index (χ4n) is 1.85. The van der Waals surface area contributed by atoms with Crippen LogP contribution in [0.15, 0.2) is 17.9 Å². The first-order valence-electron chi connectivity index (χ1n) is 6.00. The van der Waals surface area contributed by atoms with E-state index in [9.17, 15) is 0 Å². The van der Waals surface area contributed by atoms with Crippen LogP contribution in [0.1, 0.15) is 10.6 Å². The smallest absolute Gasteiger partial charge is 0.227 e. The number of nitrogens with one attached hydrogen (secondary N) is 1. The number of aryl methyl sites for hydroxylation is 1. The number of fused-ring (bicyclic) bond motifs is 1. The minimum absolute atomic E-state index is 0. The Balaban J connectivity index is 0.00000147. The molecule has 8 heteroatoms. The highest BCUT2D eigenvalue weighted by atomic mass is 35.5. The summed E-state index contributed by atoms with van der Waals surface area (Å²) < 4.78 is 0. The molecular formula is C12H15ClN6S. The molecule has 0 aromatic carbocycles. The number of nitrogens with zero attached hydrogens (tertiary/aromatic N) is 5. The van der Waals surface area contributed by atoms with E-state index in [2.05, 4.69) is 25.1 Å². The van der Waals surface area contributed by atoms with E-state index < -0.39 is 0 Å². The Morgan fingerprint density at radius 2 is 2.15 bits per heavy atom. The lowest BCUT2D eigenvalue weighted by Crippen LogP contribution is -2.22. The number of aromatic amines is 1. The van der Waals surface area contributed by atoms with Gasteiger partial charge >= 0.3 is 0 Å². The molecule has 106 valence electrons. The third kappa shape index (κ3) is 2.88. The zero-order valence-electron chi connectivity index (χ0n) is 11.2. The van der Waals surface area contributed by atoms with Crippen molar-refractivity contribution < 1.29 is 0 Å². The Morgan fingerprint density at radius 3 is 2.90 bits per heavy atom. The monoisotopic (exact) mass is 310 g/mol. The maximum absolute atomic E-state index is 4.44. The number of H-pyrrole nitrogens is 1. The van der Waals surface area contributed by atoms with Gasteiger partial charge in [-0.3, -0.25) is 5.10 Å². The lowest BCUT2D eigenvalue weighted by Gasteiger charge is -2.16. The molecule has 0 unspecified atom stereocenters. The van der Waals surface area contributed by atoms with Gasteiger partial charge in [0.05, 0.1) is 22.8 Å². The van der Waals surface area contributed by atoms with Crippen LogP contribution in [0.25, 0.3) is 11.0 Å². The summed E-state index contributed by atoms with van der Waals surface area (Å²) >= 11 is 1.70. The summed E-state index contributed by atoms with van der Waals surface area (Å²) in [5.74, 6) is 0.707. The molecule has 0 saturated carbocycles. The summed E-state index contributed by atoms with van der Waals surface area (Å²) in [4.78, 5) is 16.4. The van der Waals surface area contributed by atoms with Gasteiger partial charge in [0.25, 0.3) is 0 Å². The van der Waals surface area contributed by atoms with Crippen LogP contribution in [0.3, 0.4) is 0 Å². The number of anilines is 1. The predicted molar refractivity (Wildman–Crippen MR) is 82.8 cm³/mol. The van der Waals surface area contributed by atoms with Gasteiger partial charge in [0.2, 0.25) is 5.95 Å². The number of likely N-dealkylation sites (N-methyl/N-ethyl adjacent to an activating group) is 1. The molecule has 0 spiro atoms. The minimum Gasteiger partial charge on any atom is -0.343 e. The lowest BCUT2D eigenvalue weighted by molar-refractivity contribution is 0.843. The summed E-state index contributed by atoms with van der Waals surface area (Å²) in [5, 5.41) is 7.73. The first-order chi connectivity index (χ1) is 9.24. The van der Waals surface area contributed by atoms with E-state index in [1.54, 1.807) is 23.7 Å². The van der Waals surface area contributed by atoms with Gasteiger partial charge in [0, 0.05) is 31.1 Å². The van der Waals surface area contributed by atoms with E-state index in [1.165, 1.54) is 4.88 Å². The topological polar surface area (TPSA) is 70.6 Å². The molecule has 0 aliphatic rings. The van der Waals surface area contributed by atoms with Crippen molar-refractivity contribution in [2.24, 2.45) is 0 Å². The zero-order valence-corrected chi connectivity index (χ0v) is 12.8. The SMILES string of the molecule is Cc1ncsc1CCN(C)c1ncc2cn[nH]c2n1.Cl. The molecular weight excluding hydrogens is 296 g/mol. The van der Waals surface area contributed by atoms with Crippen molar-refractivity contribution in [2.45, 2.75) is 13.3 Å². The van der Waals surface area contributed by atoms with Crippen molar-refractivity contribution in [1.29, 1.82) is 0 Å². The highest BCUT2D eigenvalue weighted by Crippen LogP contribution is 2.15. The van der Waals surface area contributed by atoms with Gasteiger partial charge in [-0.25, -0.2) is 9.97 Å². The summed E-state index contributed by atoms with van der Waals surface area (Å²) in [6.07, 6.45) is 4.47. The zero-order chi connectivity index (χ0) is 13.2. The summed E-state index contributed by atoms with van der Waals surface area (Å²) in [6, 6.07) is 0. The number of hydrogen-bond donors (Lipinski definition) is 1. The van der Waals surface area contributed by atoms with Gasteiger partial charge in [-0.05, 0) is 6.92 Å². The second-order valence-corrected chi connectivity index (χ2v) is 5.32. The van der Waals surface area contributed by atoms with E-state index in [1.807, 2.05) is 24.4 Å². The van der Waals surface area contributed by atoms with Crippen molar-refractivity contribution in [1.82, 2.24) is 25.1 Å². The van der Waals surface area contributed by atoms with Crippen LogP contribution in [-0.4, -0.2) is 38.7 Å². The average Bonchev–Trinajstić information content (AvgIpc) is 3.03. The van der Waals surface area contributed by atoms with Crippen LogP contribution in [-0.2, 0) is 6.42 Å². The molecule has 0 bridgehead atoms.